The lowest BCUT2D eigenvalue weighted by Gasteiger charge is -2.11. The predicted molar refractivity (Wildman–Crippen MR) is 142 cm³/mol. The van der Waals surface area contributed by atoms with Gasteiger partial charge in [-0.3, -0.25) is 9.59 Å². The maximum absolute atomic E-state index is 12.2. The molecule has 178 valence electrons. The maximum Gasteiger partial charge on any atom is 0.262 e. The second kappa shape index (κ2) is 12.6. The molecule has 3 aromatic rings. The molecule has 2 amide bonds. The highest BCUT2D eigenvalue weighted by Gasteiger charge is 2.09. The maximum atomic E-state index is 12.2. The third kappa shape index (κ3) is 7.60. The Kier molecular flexibility index (Phi) is 9.53. The summed E-state index contributed by atoms with van der Waals surface area (Å²) in [6.07, 6.45) is 1.85. The third-order valence-electron chi connectivity index (χ3n) is 4.98. The molecule has 3 rings (SSSR count). The van der Waals surface area contributed by atoms with Gasteiger partial charge < -0.3 is 20.1 Å². The minimum Gasteiger partial charge on any atom is -0.483 e. The van der Waals surface area contributed by atoms with Gasteiger partial charge in [-0.2, -0.15) is 0 Å². The first-order chi connectivity index (χ1) is 16.4. The van der Waals surface area contributed by atoms with Crippen LogP contribution in [0.5, 0.6) is 11.5 Å². The van der Waals surface area contributed by atoms with Gasteiger partial charge in [0.25, 0.3) is 11.8 Å². The zero-order chi connectivity index (χ0) is 24.5. The lowest BCUT2D eigenvalue weighted by Crippen LogP contribution is -2.21. The second-order valence-electron chi connectivity index (χ2n) is 7.49. The van der Waals surface area contributed by atoms with Gasteiger partial charge in [-0.05, 0) is 104 Å². The zero-order valence-electron chi connectivity index (χ0n) is 19.0. The number of benzene rings is 3. The van der Waals surface area contributed by atoms with Crippen molar-refractivity contribution in [1.29, 1.82) is 0 Å². The van der Waals surface area contributed by atoms with E-state index in [0.29, 0.717) is 22.9 Å². The number of amides is 2. The summed E-state index contributed by atoms with van der Waals surface area (Å²) >= 11 is 6.93. The number of anilines is 2. The second-order valence-corrected chi connectivity index (χ2v) is 9.20. The van der Waals surface area contributed by atoms with Crippen molar-refractivity contribution in [1.82, 2.24) is 0 Å². The van der Waals surface area contributed by atoms with Gasteiger partial charge in [-0.25, -0.2) is 0 Å². The number of nitrogens with one attached hydrogen (secondary N) is 2. The number of aryl methyl sites for hydroxylation is 2. The van der Waals surface area contributed by atoms with Gasteiger partial charge in [-0.1, -0.05) is 26.0 Å². The molecule has 0 saturated heterocycles. The van der Waals surface area contributed by atoms with Crippen molar-refractivity contribution in [3.05, 3.63) is 80.7 Å². The standard InChI is InChI=1S/C26H26Br2N2O4/c1-3-17-5-11-23(21(27)13-17)33-15-25(31)29-19-7-9-20(10-8-19)30-26(32)16-34-24-12-6-18(4-2)14-22(24)28/h5-14H,3-4,15-16H2,1-2H3,(H,29,31)(H,30,32). The Balaban J connectivity index is 1.45. The number of ether oxygens (including phenoxy) is 2. The molecule has 0 radical (unpaired) electrons. The molecule has 0 saturated carbocycles. The molecular weight excluding hydrogens is 564 g/mol. The van der Waals surface area contributed by atoms with Gasteiger partial charge >= 0.3 is 0 Å². The van der Waals surface area contributed by atoms with Gasteiger partial charge in [-0.15, -0.1) is 0 Å². The third-order valence-corrected chi connectivity index (χ3v) is 6.22. The molecule has 8 heteroatoms. The van der Waals surface area contributed by atoms with Gasteiger partial charge in [0.1, 0.15) is 11.5 Å². The Morgan fingerprint density at radius 2 is 1.06 bits per heavy atom. The number of hydrogen-bond acceptors (Lipinski definition) is 4. The molecule has 0 spiro atoms. The van der Waals surface area contributed by atoms with Crippen LogP contribution in [0.15, 0.2) is 69.6 Å². The monoisotopic (exact) mass is 588 g/mol. The smallest absolute Gasteiger partial charge is 0.262 e. The van der Waals surface area contributed by atoms with Crippen LogP contribution in [-0.4, -0.2) is 25.0 Å². The lowest BCUT2D eigenvalue weighted by atomic mass is 10.2. The first-order valence-electron chi connectivity index (χ1n) is 10.9. The number of carbonyl (C=O) groups excluding carboxylic acids is 2. The Bertz CT molecular complexity index is 1060. The molecule has 0 aliphatic carbocycles. The number of hydrogen-bond donors (Lipinski definition) is 2. The molecule has 2 N–H and O–H groups in total. The van der Waals surface area contributed by atoms with Gasteiger partial charge in [0, 0.05) is 11.4 Å². The van der Waals surface area contributed by atoms with Crippen molar-refractivity contribution < 1.29 is 19.1 Å². The van der Waals surface area contributed by atoms with Crippen LogP contribution >= 0.6 is 31.9 Å². The van der Waals surface area contributed by atoms with E-state index in [1.54, 1.807) is 24.3 Å². The Hall–Kier alpha value is -2.84. The van der Waals surface area contributed by atoms with E-state index < -0.39 is 0 Å². The molecule has 0 aliphatic heterocycles. The van der Waals surface area contributed by atoms with Crippen LogP contribution in [0.25, 0.3) is 0 Å². The Morgan fingerprint density at radius 1 is 0.676 bits per heavy atom. The fourth-order valence-electron chi connectivity index (χ4n) is 3.08. The van der Waals surface area contributed by atoms with Crippen LogP contribution < -0.4 is 20.1 Å². The highest BCUT2D eigenvalue weighted by molar-refractivity contribution is 9.10. The van der Waals surface area contributed by atoms with Crippen LogP contribution in [0.4, 0.5) is 11.4 Å². The Labute approximate surface area is 216 Å². The highest BCUT2D eigenvalue weighted by Crippen LogP contribution is 2.27. The molecule has 0 fully saturated rings. The van der Waals surface area contributed by atoms with Gasteiger partial charge in [0.2, 0.25) is 0 Å². The van der Waals surface area contributed by atoms with Crippen molar-refractivity contribution in [3.63, 3.8) is 0 Å². The summed E-state index contributed by atoms with van der Waals surface area (Å²) in [5.74, 6) is 0.662. The minimum absolute atomic E-state index is 0.116. The summed E-state index contributed by atoms with van der Waals surface area (Å²) in [6.45, 7) is 3.92. The van der Waals surface area contributed by atoms with Crippen LogP contribution in [0.2, 0.25) is 0 Å². The summed E-state index contributed by atoms with van der Waals surface area (Å²) in [5.41, 5.74) is 3.56. The fraction of sp³-hybridized carbons (Fsp3) is 0.231. The lowest BCUT2D eigenvalue weighted by molar-refractivity contribution is -0.118. The molecule has 0 bridgehead atoms. The summed E-state index contributed by atoms with van der Waals surface area (Å²) in [4.78, 5) is 24.5. The van der Waals surface area contributed by atoms with E-state index in [0.717, 1.165) is 21.8 Å². The van der Waals surface area contributed by atoms with Gasteiger partial charge in [0.05, 0.1) is 8.95 Å². The van der Waals surface area contributed by atoms with Crippen molar-refractivity contribution >= 4 is 55.0 Å². The largest absolute Gasteiger partial charge is 0.483 e. The molecule has 0 heterocycles. The molecule has 34 heavy (non-hydrogen) atoms. The number of halogens is 2. The van der Waals surface area contributed by atoms with E-state index in [-0.39, 0.29) is 25.0 Å². The van der Waals surface area contributed by atoms with E-state index in [1.807, 2.05) is 36.4 Å². The summed E-state index contributed by atoms with van der Waals surface area (Å²) in [6, 6.07) is 18.4. The quantitative estimate of drug-likeness (QED) is 0.288. The molecule has 0 unspecified atom stereocenters. The first-order valence-corrected chi connectivity index (χ1v) is 12.5. The molecule has 0 aromatic heterocycles. The molecule has 3 aromatic carbocycles. The number of carbonyl (C=O) groups is 2. The molecule has 0 aliphatic rings. The van der Waals surface area contributed by atoms with E-state index in [9.17, 15) is 9.59 Å². The van der Waals surface area contributed by atoms with E-state index >= 15 is 0 Å². The zero-order valence-corrected chi connectivity index (χ0v) is 22.2. The van der Waals surface area contributed by atoms with E-state index in [1.165, 1.54) is 11.1 Å². The van der Waals surface area contributed by atoms with E-state index in [4.69, 9.17) is 9.47 Å². The van der Waals surface area contributed by atoms with Crippen LogP contribution in [0.3, 0.4) is 0 Å². The van der Waals surface area contributed by atoms with Crippen molar-refractivity contribution in [2.24, 2.45) is 0 Å². The fourth-order valence-corrected chi connectivity index (χ4v) is 4.16. The molecule has 0 atom stereocenters. The first kappa shape index (κ1) is 25.8. The van der Waals surface area contributed by atoms with Crippen molar-refractivity contribution in [2.45, 2.75) is 26.7 Å². The molecular formula is C26H26Br2N2O4. The molecule has 6 nitrogen and oxygen atoms in total. The normalized spacial score (nSPS) is 10.5. The van der Waals surface area contributed by atoms with Crippen LogP contribution in [0, 0.1) is 0 Å². The van der Waals surface area contributed by atoms with Gasteiger partial charge in [0.15, 0.2) is 13.2 Å². The summed E-state index contributed by atoms with van der Waals surface area (Å²) < 4.78 is 12.8. The Morgan fingerprint density at radius 3 is 1.38 bits per heavy atom. The minimum atomic E-state index is -0.281. The van der Waals surface area contributed by atoms with Crippen molar-refractivity contribution in [2.75, 3.05) is 23.8 Å². The number of rotatable bonds is 10. The highest BCUT2D eigenvalue weighted by atomic mass is 79.9. The predicted octanol–water partition coefficient (Wildman–Crippen LogP) is 6.37. The van der Waals surface area contributed by atoms with Crippen LogP contribution in [0.1, 0.15) is 25.0 Å². The summed E-state index contributed by atoms with van der Waals surface area (Å²) in [7, 11) is 0. The average Bonchev–Trinajstić information content (AvgIpc) is 2.83. The van der Waals surface area contributed by atoms with Crippen molar-refractivity contribution in [3.8, 4) is 11.5 Å². The average molecular weight is 590 g/mol. The van der Waals surface area contributed by atoms with Crippen LogP contribution in [-0.2, 0) is 22.4 Å². The van der Waals surface area contributed by atoms with E-state index in [2.05, 4.69) is 56.3 Å². The summed E-state index contributed by atoms with van der Waals surface area (Å²) in [5, 5.41) is 5.55. The SMILES string of the molecule is CCc1ccc(OCC(=O)Nc2ccc(NC(=O)COc3ccc(CC)cc3Br)cc2)c(Br)c1. The topological polar surface area (TPSA) is 76.7 Å².